The number of pyridine rings is 1. The minimum atomic E-state index is 0. The highest BCUT2D eigenvalue weighted by Crippen LogP contribution is 2.05. The molecule has 0 saturated carbocycles. The van der Waals surface area contributed by atoms with Gasteiger partial charge in [0.2, 0.25) is 0 Å². The average molecular weight is 217 g/mol. The van der Waals surface area contributed by atoms with Crippen LogP contribution in [-0.2, 0) is 6.54 Å². The largest absolute Gasteiger partial charge is 1.00 e. The van der Waals surface area contributed by atoms with Crippen molar-refractivity contribution in [1.29, 1.82) is 0 Å². The van der Waals surface area contributed by atoms with Gasteiger partial charge in [0.05, 0.1) is 0 Å². The lowest BCUT2D eigenvalue weighted by Crippen LogP contribution is -3.00. The second-order valence-corrected chi connectivity index (χ2v) is 3.27. The van der Waals surface area contributed by atoms with Crippen LogP contribution in [0.25, 0.3) is 0 Å². The van der Waals surface area contributed by atoms with Crippen molar-refractivity contribution in [2.24, 2.45) is 0 Å². The predicted molar refractivity (Wildman–Crippen MR) is 52.7 cm³/mol. The van der Waals surface area contributed by atoms with Crippen LogP contribution in [-0.4, -0.2) is 25.8 Å². The van der Waals surface area contributed by atoms with Crippen molar-refractivity contribution in [3.8, 4) is 0 Å². The average Bonchev–Trinajstić information content (AvgIpc) is 2.15. The number of hydrogen-bond acceptors (Lipinski definition) is 2. The lowest BCUT2D eigenvalue weighted by Gasteiger charge is -2.10. The second-order valence-electron chi connectivity index (χ2n) is 3.27. The van der Waals surface area contributed by atoms with E-state index in [9.17, 15) is 0 Å². The third-order valence-electron chi connectivity index (χ3n) is 1.96. The second kappa shape index (κ2) is 6.62. The number of rotatable bonds is 4. The molecular weight excluding hydrogens is 200 g/mol. The zero-order valence-electron chi connectivity index (χ0n) is 8.65. The van der Waals surface area contributed by atoms with Crippen molar-refractivity contribution in [2.45, 2.75) is 13.0 Å². The molecule has 0 aromatic carbocycles. The molecule has 4 heteroatoms. The molecule has 0 unspecified atom stereocenters. The molecular formula is C10H17ClN2O. The first kappa shape index (κ1) is 13.2. The van der Waals surface area contributed by atoms with E-state index in [1.807, 2.05) is 26.5 Å². The molecule has 1 aromatic rings. The van der Waals surface area contributed by atoms with Crippen LogP contribution in [0.2, 0.25) is 0 Å². The first-order chi connectivity index (χ1) is 6.24. The Hall–Kier alpha value is -0.800. The van der Waals surface area contributed by atoms with Crippen LogP contribution in [0.4, 0.5) is 5.69 Å². The van der Waals surface area contributed by atoms with Crippen LogP contribution in [0, 0.1) is 0 Å². The number of nitrogens with zero attached hydrogens (tertiary/aromatic N) is 2. The summed E-state index contributed by atoms with van der Waals surface area (Å²) in [5.74, 6) is 0. The molecule has 0 aliphatic heterocycles. The Labute approximate surface area is 91.4 Å². The predicted octanol–water partition coefficient (Wildman–Crippen LogP) is -2.57. The molecule has 0 bridgehead atoms. The molecule has 1 N–H and O–H groups in total. The van der Waals surface area contributed by atoms with Crippen molar-refractivity contribution >= 4 is 5.69 Å². The van der Waals surface area contributed by atoms with E-state index in [1.165, 1.54) is 5.69 Å². The molecule has 0 aliphatic carbocycles. The molecule has 3 nitrogen and oxygen atoms in total. The van der Waals surface area contributed by atoms with Crippen molar-refractivity contribution < 1.29 is 22.1 Å². The molecule has 80 valence electrons. The summed E-state index contributed by atoms with van der Waals surface area (Å²) in [6, 6.07) is 4.13. The fourth-order valence-corrected chi connectivity index (χ4v) is 1.15. The third-order valence-corrected chi connectivity index (χ3v) is 1.96. The fraction of sp³-hybridized carbons (Fsp3) is 0.500. The summed E-state index contributed by atoms with van der Waals surface area (Å²) < 4.78 is 2.07. The lowest BCUT2D eigenvalue weighted by atomic mass is 10.3. The molecule has 0 fully saturated rings. The number of aromatic nitrogens is 1. The van der Waals surface area contributed by atoms with Crippen LogP contribution in [0.1, 0.15) is 6.42 Å². The van der Waals surface area contributed by atoms with Gasteiger partial charge >= 0.3 is 0 Å². The molecule has 0 atom stereocenters. The van der Waals surface area contributed by atoms with Gasteiger partial charge in [-0.15, -0.1) is 0 Å². The maximum atomic E-state index is 8.65. The quantitative estimate of drug-likeness (QED) is 0.561. The summed E-state index contributed by atoms with van der Waals surface area (Å²) in [4.78, 5) is 2.07. The number of aryl methyl sites for hydroxylation is 1. The van der Waals surface area contributed by atoms with Crippen LogP contribution in [0.3, 0.4) is 0 Å². The van der Waals surface area contributed by atoms with Crippen LogP contribution in [0.5, 0.6) is 0 Å². The maximum absolute atomic E-state index is 8.65. The van der Waals surface area contributed by atoms with Gasteiger partial charge in [0.1, 0.15) is 0 Å². The monoisotopic (exact) mass is 216 g/mol. The van der Waals surface area contributed by atoms with Gasteiger partial charge in [-0.05, 0) is 0 Å². The van der Waals surface area contributed by atoms with Gasteiger partial charge < -0.3 is 22.4 Å². The summed E-state index contributed by atoms with van der Waals surface area (Å²) in [7, 11) is 4.04. The molecule has 0 amide bonds. The van der Waals surface area contributed by atoms with Gasteiger partial charge in [-0.2, -0.15) is 0 Å². The molecule has 1 aromatic heterocycles. The van der Waals surface area contributed by atoms with E-state index in [2.05, 4.69) is 21.6 Å². The van der Waals surface area contributed by atoms with E-state index < -0.39 is 0 Å². The van der Waals surface area contributed by atoms with Gasteiger partial charge in [0.25, 0.3) is 0 Å². The standard InChI is InChI=1S/C10H17N2O.ClH/c1-11(2)10-4-7-12(8-5-10)6-3-9-13;/h4-5,7-8,13H,3,6,9H2,1-2H3;1H/q+1;/p-1. The SMILES string of the molecule is CN(C)c1cc[n+](CCCO)cc1.[Cl-]. The summed E-state index contributed by atoms with van der Waals surface area (Å²) in [5.41, 5.74) is 1.19. The highest BCUT2D eigenvalue weighted by molar-refractivity contribution is 5.41. The van der Waals surface area contributed by atoms with Crippen molar-refractivity contribution in [3.05, 3.63) is 24.5 Å². The van der Waals surface area contributed by atoms with Gasteiger partial charge in [-0.3, -0.25) is 0 Å². The molecule has 0 saturated heterocycles. The third kappa shape index (κ3) is 3.94. The first-order valence-electron chi connectivity index (χ1n) is 4.51. The Morgan fingerprint density at radius 3 is 2.29 bits per heavy atom. The highest BCUT2D eigenvalue weighted by atomic mass is 35.5. The number of hydrogen-bond donors (Lipinski definition) is 1. The Morgan fingerprint density at radius 1 is 1.29 bits per heavy atom. The van der Waals surface area contributed by atoms with E-state index in [0.717, 1.165) is 13.0 Å². The smallest absolute Gasteiger partial charge is 0.170 e. The zero-order valence-corrected chi connectivity index (χ0v) is 9.41. The lowest BCUT2D eigenvalue weighted by molar-refractivity contribution is -0.697. The summed E-state index contributed by atoms with van der Waals surface area (Å²) in [6.45, 7) is 1.13. The minimum Gasteiger partial charge on any atom is -1.00 e. The topological polar surface area (TPSA) is 27.4 Å². The molecule has 0 spiro atoms. The fourth-order valence-electron chi connectivity index (χ4n) is 1.15. The van der Waals surface area contributed by atoms with Gasteiger partial charge in [0.15, 0.2) is 18.9 Å². The van der Waals surface area contributed by atoms with Gasteiger partial charge in [-0.25, -0.2) is 4.57 Å². The van der Waals surface area contributed by atoms with Crippen molar-refractivity contribution in [3.63, 3.8) is 0 Å². The number of aliphatic hydroxyl groups is 1. The normalized spacial score (nSPS) is 9.36. The molecule has 0 radical (unpaired) electrons. The Kier molecular flexibility index (Phi) is 6.25. The number of anilines is 1. The van der Waals surface area contributed by atoms with E-state index in [-0.39, 0.29) is 19.0 Å². The van der Waals surface area contributed by atoms with E-state index in [1.54, 1.807) is 0 Å². The van der Waals surface area contributed by atoms with Crippen LogP contribution < -0.4 is 21.9 Å². The Balaban J connectivity index is 0.00000169. The van der Waals surface area contributed by atoms with Gasteiger partial charge in [-0.1, -0.05) is 0 Å². The molecule has 1 heterocycles. The van der Waals surface area contributed by atoms with Crippen molar-refractivity contribution in [1.82, 2.24) is 0 Å². The van der Waals surface area contributed by atoms with Gasteiger partial charge in [0, 0.05) is 44.9 Å². The molecule has 14 heavy (non-hydrogen) atoms. The van der Waals surface area contributed by atoms with Crippen LogP contribution >= 0.6 is 0 Å². The number of halogens is 1. The molecule has 1 rings (SSSR count). The van der Waals surface area contributed by atoms with E-state index in [0.29, 0.717) is 0 Å². The maximum Gasteiger partial charge on any atom is 0.170 e. The minimum absolute atomic E-state index is 0. The summed E-state index contributed by atoms with van der Waals surface area (Å²) >= 11 is 0. The summed E-state index contributed by atoms with van der Waals surface area (Å²) in [5, 5.41) is 8.65. The summed E-state index contributed by atoms with van der Waals surface area (Å²) in [6.07, 6.45) is 4.88. The Bertz CT molecular complexity index is 249. The van der Waals surface area contributed by atoms with E-state index in [4.69, 9.17) is 5.11 Å². The Morgan fingerprint density at radius 2 is 1.86 bits per heavy atom. The molecule has 0 aliphatic rings. The highest BCUT2D eigenvalue weighted by Gasteiger charge is 2.00. The number of aliphatic hydroxyl groups excluding tert-OH is 1. The van der Waals surface area contributed by atoms with Crippen LogP contribution in [0.15, 0.2) is 24.5 Å². The van der Waals surface area contributed by atoms with Crippen molar-refractivity contribution in [2.75, 3.05) is 25.6 Å². The first-order valence-corrected chi connectivity index (χ1v) is 4.51. The van der Waals surface area contributed by atoms with E-state index >= 15 is 0 Å². The zero-order chi connectivity index (χ0) is 9.68.